The molecular weight excluding hydrogens is 264 g/mol. The topological polar surface area (TPSA) is 95.2 Å². The lowest BCUT2D eigenvalue weighted by Gasteiger charge is -2.14. The number of amides is 1. The summed E-state index contributed by atoms with van der Waals surface area (Å²) in [5.41, 5.74) is -0.251. The molecule has 0 spiro atoms. The van der Waals surface area contributed by atoms with Crippen molar-refractivity contribution in [2.45, 2.75) is 45.3 Å². The van der Waals surface area contributed by atoms with Crippen LogP contribution in [0, 0.1) is 0 Å². The Balaban J connectivity index is 2.22. The molecule has 8 nitrogen and oxygen atoms in total. The number of nitrogens with one attached hydrogen (secondary N) is 1. The van der Waals surface area contributed by atoms with Crippen molar-refractivity contribution in [3.63, 3.8) is 0 Å². The van der Waals surface area contributed by atoms with Crippen molar-refractivity contribution in [1.29, 1.82) is 0 Å². The van der Waals surface area contributed by atoms with Gasteiger partial charge in [0.15, 0.2) is 0 Å². The lowest BCUT2D eigenvalue weighted by atomic mass is 10.2. The average molecular weight is 282 g/mol. The Morgan fingerprint density at radius 2 is 2.20 bits per heavy atom. The van der Waals surface area contributed by atoms with E-state index in [9.17, 15) is 14.4 Å². The summed E-state index contributed by atoms with van der Waals surface area (Å²) < 4.78 is 7.46. The second-order valence-electron chi connectivity index (χ2n) is 4.77. The summed E-state index contributed by atoms with van der Waals surface area (Å²) >= 11 is 0. The number of esters is 1. The first kappa shape index (κ1) is 14.3. The van der Waals surface area contributed by atoms with Crippen molar-refractivity contribution in [2.75, 3.05) is 7.11 Å². The number of hydrogen-bond donors (Lipinski definition) is 1. The van der Waals surface area contributed by atoms with Gasteiger partial charge in [-0.3, -0.25) is 9.36 Å². The van der Waals surface area contributed by atoms with Crippen LogP contribution < -0.4 is 11.0 Å². The number of fused-ring (bicyclic) bond motifs is 1. The number of methoxy groups -OCH3 is 1. The number of carbonyl (C=O) groups excluding carboxylic acids is 2. The van der Waals surface area contributed by atoms with Crippen molar-refractivity contribution in [3.05, 3.63) is 16.3 Å². The molecule has 2 rings (SSSR count). The number of aryl methyl sites for hydroxylation is 1. The summed E-state index contributed by atoms with van der Waals surface area (Å²) in [7, 11) is 1.23. The van der Waals surface area contributed by atoms with E-state index >= 15 is 0 Å². The van der Waals surface area contributed by atoms with Gasteiger partial charge in [0.05, 0.1) is 13.7 Å². The van der Waals surface area contributed by atoms with Gasteiger partial charge in [-0.15, -0.1) is 0 Å². The fraction of sp³-hybridized carbons (Fsp3) is 0.667. The Labute approximate surface area is 115 Å². The maximum absolute atomic E-state index is 12.1. The first-order chi connectivity index (χ1) is 9.52. The molecule has 1 amide bonds. The van der Waals surface area contributed by atoms with Crippen LogP contribution in [0.5, 0.6) is 0 Å². The standard InChI is InChI=1S/C12H18N4O4/c1-8(17)13-9(11(18)20-2)7-16-12(19)15-6-4-3-5-10(15)14-16/h9H,3-7H2,1-2H3,(H,13,17). The fourth-order valence-electron chi connectivity index (χ4n) is 2.31. The van der Waals surface area contributed by atoms with Gasteiger partial charge in [0, 0.05) is 19.9 Å². The van der Waals surface area contributed by atoms with Gasteiger partial charge >= 0.3 is 11.7 Å². The second kappa shape index (κ2) is 5.89. The van der Waals surface area contributed by atoms with Gasteiger partial charge < -0.3 is 10.1 Å². The lowest BCUT2D eigenvalue weighted by Crippen LogP contribution is -2.45. The van der Waals surface area contributed by atoms with Crippen LogP contribution in [0.3, 0.4) is 0 Å². The lowest BCUT2D eigenvalue weighted by molar-refractivity contribution is -0.145. The Kier molecular flexibility index (Phi) is 4.21. The Morgan fingerprint density at radius 1 is 1.45 bits per heavy atom. The number of carbonyl (C=O) groups is 2. The van der Waals surface area contributed by atoms with Crippen LogP contribution in [0.15, 0.2) is 4.79 Å². The number of nitrogens with zero attached hydrogens (tertiary/aromatic N) is 3. The van der Waals surface area contributed by atoms with Crippen LogP contribution in [0.4, 0.5) is 0 Å². The predicted molar refractivity (Wildman–Crippen MR) is 69.0 cm³/mol. The maximum Gasteiger partial charge on any atom is 0.346 e. The van der Waals surface area contributed by atoms with E-state index in [2.05, 4.69) is 15.2 Å². The summed E-state index contributed by atoms with van der Waals surface area (Å²) in [6.45, 7) is 1.93. The molecule has 20 heavy (non-hydrogen) atoms. The first-order valence-corrected chi connectivity index (χ1v) is 6.54. The zero-order chi connectivity index (χ0) is 14.7. The molecule has 0 aliphatic carbocycles. The molecule has 0 bridgehead atoms. The molecule has 0 radical (unpaired) electrons. The molecule has 1 N–H and O–H groups in total. The monoisotopic (exact) mass is 282 g/mol. The zero-order valence-electron chi connectivity index (χ0n) is 11.6. The molecule has 110 valence electrons. The molecule has 1 aliphatic heterocycles. The Hall–Kier alpha value is -2.12. The predicted octanol–water partition coefficient (Wildman–Crippen LogP) is -0.941. The molecule has 0 fully saturated rings. The van der Waals surface area contributed by atoms with E-state index in [4.69, 9.17) is 0 Å². The number of aromatic nitrogens is 3. The van der Waals surface area contributed by atoms with Crippen LogP contribution in [0.25, 0.3) is 0 Å². The van der Waals surface area contributed by atoms with Gasteiger partial charge in [0.2, 0.25) is 5.91 Å². The van der Waals surface area contributed by atoms with Crippen LogP contribution in [0.2, 0.25) is 0 Å². The highest BCUT2D eigenvalue weighted by Crippen LogP contribution is 2.09. The van der Waals surface area contributed by atoms with E-state index in [1.54, 1.807) is 4.57 Å². The first-order valence-electron chi connectivity index (χ1n) is 6.54. The molecule has 1 aromatic heterocycles. The average Bonchev–Trinajstić information content (AvgIpc) is 2.74. The normalized spacial score (nSPS) is 15.3. The zero-order valence-corrected chi connectivity index (χ0v) is 11.6. The van der Waals surface area contributed by atoms with Crippen LogP contribution >= 0.6 is 0 Å². The van der Waals surface area contributed by atoms with Gasteiger partial charge in [-0.1, -0.05) is 0 Å². The van der Waals surface area contributed by atoms with Crippen molar-refractivity contribution >= 4 is 11.9 Å². The summed E-state index contributed by atoms with van der Waals surface area (Å²) in [4.78, 5) is 34.9. The molecular formula is C12H18N4O4. The number of ether oxygens (including phenoxy) is 1. The number of rotatable bonds is 4. The van der Waals surface area contributed by atoms with Crippen LogP contribution in [0.1, 0.15) is 25.6 Å². The third-order valence-corrected chi connectivity index (χ3v) is 3.25. The third-order valence-electron chi connectivity index (χ3n) is 3.25. The second-order valence-corrected chi connectivity index (χ2v) is 4.77. The van der Waals surface area contributed by atoms with Gasteiger partial charge in [0.1, 0.15) is 11.9 Å². The SMILES string of the molecule is COC(=O)C(Cn1nc2n(c1=O)CCCC2)NC(C)=O. The molecule has 0 aromatic carbocycles. The van der Waals surface area contributed by atoms with Gasteiger partial charge in [-0.2, -0.15) is 5.10 Å². The van der Waals surface area contributed by atoms with E-state index in [1.807, 2.05) is 0 Å². The molecule has 0 saturated carbocycles. The minimum Gasteiger partial charge on any atom is -0.467 e. The van der Waals surface area contributed by atoms with Gasteiger partial charge in [-0.25, -0.2) is 14.3 Å². The molecule has 1 atom stereocenters. The Morgan fingerprint density at radius 3 is 2.80 bits per heavy atom. The van der Waals surface area contributed by atoms with E-state index in [0.29, 0.717) is 6.54 Å². The minimum atomic E-state index is -0.910. The molecule has 1 aliphatic rings. The highest BCUT2D eigenvalue weighted by Gasteiger charge is 2.24. The maximum atomic E-state index is 12.1. The van der Waals surface area contributed by atoms with E-state index < -0.39 is 12.0 Å². The van der Waals surface area contributed by atoms with E-state index in [1.165, 1.54) is 18.7 Å². The Bertz CT molecular complexity index is 575. The fourth-order valence-corrected chi connectivity index (χ4v) is 2.31. The molecule has 2 heterocycles. The quantitative estimate of drug-likeness (QED) is 0.719. The van der Waals surface area contributed by atoms with Crippen LogP contribution in [-0.4, -0.2) is 39.4 Å². The molecule has 1 aromatic rings. The smallest absolute Gasteiger partial charge is 0.346 e. The summed E-state index contributed by atoms with van der Waals surface area (Å²) in [6, 6.07) is -0.910. The van der Waals surface area contributed by atoms with Crippen molar-refractivity contribution in [2.24, 2.45) is 0 Å². The molecule has 8 heteroatoms. The summed E-state index contributed by atoms with van der Waals surface area (Å²) in [5, 5.41) is 6.69. The van der Waals surface area contributed by atoms with Crippen LogP contribution in [-0.2, 0) is 33.8 Å². The number of hydrogen-bond acceptors (Lipinski definition) is 5. The van der Waals surface area contributed by atoms with Gasteiger partial charge in [0.25, 0.3) is 0 Å². The summed E-state index contributed by atoms with van der Waals surface area (Å²) in [5.74, 6) is -0.233. The summed E-state index contributed by atoms with van der Waals surface area (Å²) in [6.07, 6.45) is 2.71. The molecule has 0 saturated heterocycles. The van der Waals surface area contributed by atoms with Crippen molar-refractivity contribution < 1.29 is 14.3 Å². The largest absolute Gasteiger partial charge is 0.467 e. The minimum absolute atomic E-state index is 0.0227. The molecule has 1 unspecified atom stereocenters. The highest BCUT2D eigenvalue weighted by molar-refractivity contribution is 5.83. The van der Waals surface area contributed by atoms with E-state index in [0.717, 1.165) is 25.1 Å². The van der Waals surface area contributed by atoms with Crippen molar-refractivity contribution in [3.8, 4) is 0 Å². The highest BCUT2D eigenvalue weighted by atomic mass is 16.5. The van der Waals surface area contributed by atoms with Crippen molar-refractivity contribution in [1.82, 2.24) is 19.7 Å². The van der Waals surface area contributed by atoms with E-state index in [-0.39, 0.29) is 18.1 Å². The van der Waals surface area contributed by atoms with Gasteiger partial charge in [-0.05, 0) is 12.8 Å². The third kappa shape index (κ3) is 2.89.